The lowest BCUT2D eigenvalue weighted by molar-refractivity contribution is -0.758. The van der Waals surface area contributed by atoms with E-state index in [1.54, 1.807) is 23.1 Å². The van der Waals surface area contributed by atoms with Gasteiger partial charge in [0.25, 0.3) is 0 Å². The van der Waals surface area contributed by atoms with E-state index < -0.39 is 0 Å². The summed E-state index contributed by atoms with van der Waals surface area (Å²) in [5.41, 5.74) is 1.84. The van der Waals surface area contributed by atoms with Crippen molar-refractivity contribution in [1.82, 2.24) is 5.10 Å². The summed E-state index contributed by atoms with van der Waals surface area (Å²) < 4.78 is 3.11. The highest BCUT2D eigenvalue weighted by molar-refractivity contribution is 8.00. The van der Waals surface area contributed by atoms with Crippen molar-refractivity contribution in [2.75, 3.05) is 6.26 Å². The number of aromatic nitrogens is 2. The lowest BCUT2D eigenvalue weighted by atomic mass is 11.3. The second-order valence-corrected chi connectivity index (χ2v) is 3.22. The van der Waals surface area contributed by atoms with Gasteiger partial charge in [-0.05, 0) is 29.4 Å². The Labute approximate surface area is 56.5 Å². The number of hydrogen-bond donors (Lipinski definition) is 0. The third-order valence-corrected chi connectivity index (χ3v) is 2.88. The molecule has 0 saturated carbocycles. The summed E-state index contributed by atoms with van der Waals surface area (Å²) in [4.78, 5) is 0. The van der Waals surface area contributed by atoms with E-state index >= 15 is 0 Å². The first-order chi connectivity index (χ1) is 3.84. The molecule has 1 aromatic heterocycles. The molecule has 0 spiro atoms. The first kappa shape index (κ1) is 6.04. The van der Waals surface area contributed by atoms with Gasteiger partial charge in [-0.3, -0.25) is 0 Å². The molecule has 8 heavy (non-hydrogen) atoms. The number of aryl methyl sites for hydroxylation is 1. The van der Waals surface area contributed by atoms with Crippen molar-refractivity contribution >= 4 is 23.1 Å². The van der Waals surface area contributed by atoms with Crippen LogP contribution in [0.25, 0.3) is 0 Å². The Morgan fingerprint density at radius 3 is 2.88 bits per heavy atom. The average molecular weight is 147 g/mol. The Morgan fingerprint density at radius 2 is 2.62 bits per heavy atom. The van der Waals surface area contributed by atoms with Gasteiger partial charge in [0.15, 0.2) is 12.6 Å². The molecule has 1 rings (SSSR count). The second kappa shape index (κ2) is 2.46. The van der Waals surface area contributed by atoms with E-state index in [-0.39, 0.29) is 0 Å². The molecule has 0 aliphatic carbocycles. The minimum Gasteiger partial charge on any atom is -0.0698 e. The van der Waals surface area contributed by atoms with Crippen LogP contribution < -0.4 is 4.68 Å². The third-order valence-electron chi connectivity index (χ3n) is 0.813. The first-order valence-electron chi connectivity index (χ1n) is 2.18. The molecule has 0 amide bonds. The van der Waals surface area contributed by atoms with Crippen LogP contribution in [0.4, 0.5) is 0 Å². The smallest absolute Gasteiger partial charge is 0.0698 e. The predicted octanol–water partition coefficient (Wildman–Crippen LogP) is 0.689. The van der Waals surface area contributed by atoms with Crippen molar-refractivity contribution in [2.24, 2.45) is 7.05 Å². The molecular weight excluding hydrogens is 140 g/mol. The number of thioether (sulfide) groups is 1. The van der Waals surface area contributed by atoms with Crippen LogP contribution in [0.3, 0.4) is 0 Å². The van der Waals surface area contributed by atoms with Crippen LogP contribution in [0.5, 0.6) is 0 Å². The summed E-state index contributed by atoms with van der Waals surface area (Å²) in [6, 6.07) is 0. The van der Waals surface area contributed by atoms with Crippen molar-refractivity contribution in [1.29, 1.82) is 0 Å². The van der Waals surface area contributed by atoms with Crippen LogP contribution in [0, 0.1) is 0 Å². The molecule has 0 unspecified atom stereocenters. The molecule has 0 saturated heterocycles. The quantitative estimate of drug-likeness (QED) is 0.429. The summed E-state index contributed by atoms with van der Waals surface area (Å²) in [6.07, 6.45) is 2.05. The van der Waals surface area contributed by atoms with Gasteiger partial charge in [0, 0.05) is 5.10 Å². The fraction of sp³-hybridized carbons (Fsp3) is 0.500. The first-order valence-corrected chi connectivity index (χ1v) is 4.29. The maximum Gasteiger partial charge on any atom is 0.323 e. The summed E-state index contributed by atoms with van der Waals surface area (Å²) >= 11 is 3.39. The second-order valence-electron chi connectivity index (χ2n) is 1.33. The van der Waals surface area contributed by atoms with Crippen molar-refractivity contribution in [3.63, 3.8) is 0 Å². The van der Waals surface area contributed by atoms with E-state index in [0.717, 1.165) is 0 Å². The fourth-order valence-electron chi connectivity index (χ4n) is 0.443. The zero-order valence-corrected chi connectivity index (χ0v) is 6.42. The van der Waals surface area contributed by atoms with Crippen molar-refractivity contribution < 1.29 is 4.68 Å². The number of hydrogen-bond acceptors (Lipinski definition) is 3. The lowest BCUT2D eigenvalue weighted by Gasteiger charge is -1.76. The Bertz CT molecular complexity index is 172. The summed E-state index contributed by atoms with van der Waals surface area (Å²) in [5.74, 6) is 0. The fourth-order valence-corrected chi connectivity index (χ4v) is 1.75. The van der Waals surface area contributed by atoms with Gasteiger partial charge < -0.3 is 0 Å². The Kier molecular flexibility index (Phi) is 1.85. The topological polar surface area (TPSA) is 16.8 Å². The zero-order chi connectivity index (χ0) is 5.98. The van der Waals surface area contributed by atoms with Gasteiger partial charge in [-0.2, -0.15) is 0 Å². The number of rotatable bonds is 1. The minimum atomic E-state index is 1.24. The predicted molar refractivity (Wildman–Crippen MR) is 35.1 cm³/mol. The third kappa shape index (κ3) is 1.00. The summed E-state index contributed by atoms with van der Waals surface area (Å²) in [7, 11) is 1.95. The highest BCUT2D eigenvalue weighted by Crippen LogP contribution is 2.11. The average Bonchev–Trinajstić information content (AvgIpc) is 2.14. The molecule has 0 fully saturated rings. The highest BCUT2D eigenvalue weighted by Gasteiger charge is 2.05. The molecule has 0 atom stereocenters. The molecule has 4 heteroatoms. The van der Waals surface area contributed by atoms with Gasteiger partial charge in [-0.15, -0.1) is 0 Å². The summed E-state index contributed by atoms with van der Waals surface area (Å²) in [5, 5.41) is 4.00. The van der Waals surface area contributed by atoms with Gasteiger partial charge >= 0.3 is 4.34 Å². The van der Waals surface area contributed by atoms with Gasteiger partial charge in [0.1, 0.15) is 0 Å². The Balaban J connectivity index is 2.92. The molecule has 2 nitrogen and oxygen atoms in total. The van der Waals surface area contributed by atoms with E-state index in [9.17, 15) is 0 Å². The lowest BCUT2D eigenvalue weighted by Crippen LogP contribution is -2.30. The molecule has 1 aromatic rings. The van der Waals surface area contributed by atoms with Gasteiger partial charge in [-0.25, -0.2) is 0 Å². The maximum atomic E-state index is 4.00. The Hall–Kier alpha value is -0.0900. The molecule has 0 aliphatic heterocycles. The minimum absolute atomic E-state index is 1.24. The van der Waals surface area contributed by atoms with Crippen LogP contribution in [-0.2, 0) is 7.05 Å². The Morgan fingerprint density at radius 1 is 1.88 bits per heavy atom. The molecule has 44 valence electrons. The molecular formula is C4H7N2S2+. The standard InChI is InChI=1S/C4H7N2S2/c1-6-4(7-2)8-3-5-6/h3H,1-2H3/q+1. The van der Waals surface area contributed by atoms with E-state index in [4.69, 9.17) is 0 Å². The normalized spacial score (nSPS) is 9.75. The molecule has 0 aliphatic rings. The maximum absolute atomic E-state index is 4.00. The van der Waals surface area contributed by atoms with Gasteiger partial charge in [-0.1, -0.05) is 4.68 Å². The molecule has 0 aromatic carbocycles. The number of nitrogens with zero attached hydrogens (tertiary/aromatic N) is 2. The van der Waals surface area contributed by atoms with Gasteiger partial charge in [0.2, 0.25) is 0 Å². The van der Waals surface area contributed by atoms with Crippen LogP contribution in [0.2, 0.25) is 0 Å². The largest absolute Gasteiger partial charge is 0.323 e. The van der Waals surface area contributed by atoms with Crippen LogP contribution in [-0.4, -0.2) is 11.4 Å². The van der Waals surface area contributed by atoms with E-state index in [0.29, 0.717) is 0 Å². The molecule has 1 heterocycles. The highest BCUT2D eigenvalue weighted by atomic mass is 32.2. The molecule has 0 N–H and O–H groups in total. The van der Waals surface area contributed by atoms with Crippen LogP contribution in [0.1, 0.15) is 0 Å². The zero-order valence-electron chi connectivity index (χ0n) is 4.79. The van der Waals surface area contributed by atoms with Crippen molar-refractivity contribution in [2.45, 2.75) is 4.34 Å². The molecule has 0 radical (unpaired) electrons. The van der Waals surface area contributed by atoms with Crippen LogP contribution >= 0.6 is 23.1 Å². The van der Waals surface area contributed by atoms with Gasteiger partial charge in [0.05, 0.1) is 0 Å². The molecule has 0 bridgehead atoms. The van der Waals surface area contributed by atoms with E-state index in [2.05, 4.69) is 5.10 Å². The monoisotopic (exact) mass is 147 g/mol. The van der Waals surface area contributed by atoms with Crippen LogP contribution in [0.15, 0.2) is 9.85 Å². The SMILES string of the molecule is CSc1scn[n+]1C. The van der Waals surface area contributed by atoms with Crippen molar-refractivity contribution in [3.8, 4) is 0 Å². The van der Waals surface area contributed by atoms with E-state index in [1.165, 1.54) is 4.34 Å². The van der Waals surface area contributed by atoms with Crippen molar-refractivity contribution in [3.05, 3.63) is 5.51 Å². The van der Waals surface area contributed by atoms with E-state index in [1.807, 2.05) is 23.5 Å². The summed E-state index contributed by atoms with van der Waals surface area (Å²) in [6.45, 7) is 0.